The highest BCUT2D eigenvalue weighted by atomic mass is 16.6. The zero-order valence-electron chi connectivity index (χ0n) is 48.3. The van der Waals surface area contributed by atoms with Crippen LogP contribution in [0.4, 0.5) is 0 Å². The van der Waals surface area contributed by atoms with Crippen molar-refractivity contribution in [2.24, 2.45) is 0 Å². The number of nitrogens with zero attached hydrogens (tertiary/aromatic N) is 3. The number of esters is 3. The number of carbonyl (C=O) groups excluding carboxylic acids is 3. The molecule has 1 aliphatic rings. The van der Waals surface area contributed by atoms with Gasteiger partial charge in [0.1, 0.15) is 40.6 Å². The number of methoxy groups -OCH3 is 3. The summed E-state index contributed by atoms with van der Waals surface area (Å²) in [7, 11) is 4.56. The van der Waals surface area contributed by atoms with Gasteiger partial charge in [-0.3, -0.25) is 0 Å². The molecule has 2 unspecified atom stereocenters. The van der Waals surface area contributed by atoms with Gasteiger partial charge in [0.05, 0.1) is 70.3 Å². The molecule has 3 aromatic heterocycles. The van der Waals surface area contributed by atoms with Crippen molar-refractivity contribution >= 4 is 17.9 Å². The van der Waals surface area contributed by atoms with Crippen molar-refractivity contribution in [1.82, 2.24) is 15.0 Å². The number of hydrogen-bond acceptors (Lipinski definition) is 15. The summed E-state index contributed by atoms with van der Waals surface area (Å²) in [6.07, 6.45) is 1.47. The molecule has 3 heterocycles. The van der Waals surface area contributed by atoms with Crippen molar-refractivity contribution in [3.8, 4) is 68.3 Å². The fourth-order valence-corrected chi connectivity index (χ4v) is 6.77. The maximum absolute atomic E-state index is 12.4. The van der Waals surface area contributed by atoms with Gasteiger partial charge in [0.15, 0.2) is 17.1 Å². The van der Waals surface area contributed by atoms with Crippen LogP contribution in [0.15, 0.2) is 109 Å². The minimum atomic E-state index is -2.80. The maximum atomic E-state index is 12.4. The molecular formula is C59H71N3O12. The lowest BCUT2D eigenvalue weighted by atomic mass is 9.96. The Bertz CT molecular complexity index is 2790. The van der Waals surface area contributed by atoms with Gasteiger partial charge in [-0.15, -0.1) is 0 Å². The fraction of sp³-hybridized carbons (Fsp3) is 0.390. The highest BCUT2D eigenvalue weighted by Crippen LogP contribution is 2.30. The molecule has 15 heteroatoms. The second-order valence-corrected chi connectivity index (χ2v) is 17.9. The quantitative estimate of drug-likeness (QED) is 0.0553. The molecule has 2 atom stereocenters. The molecule has 0 N–H and O–H groups in total. The van der Waals surface area contributed by atoms with Gasteiger partial charge >= 0.3 is 17.9 Å². The van der Waals surface area contributed by atoms with E-state index in [1.807, 2.05) is 104 Å². The Balaban J connectivity index is 0.000000216. The highest BCUT2D eigenvalue weighted by Gasteiger charge is 2.24. The molecule has 0 amide bonds. The summed E-state index contributed by atoms with van der Waals surface area (Å²) < 4.78 is 78.2. The lowest BCUT2D eigenvalue weighted by Crippen LogP contribution is -2.25. The minimum Gasteiger partial charge on any atom is -0.497 e. The van der Waals surface area contributed by atoms with Crippen LogP contribution >= 0.6 is 0 Å². The smallest absolute Gasteiger partial charge is 0.357 e. The molecule has 0 bridgehead atoms. The standard InChI is InChI=1S/C20H23NO4.C20H25NO4.C19H23NO4/c1-13(2)24-16-9-7-14(8-10-16)18-11-17(23-3)12-19(21-18)20(22)25-15-5-4-6-15;1-6-14(4)25-20(22)19-12-17(23-5)11-18(21-19)15-7-9-16(10-8-15)24-13(2)3;1-12(2)23-15-8-6-14(7-9-15)17-10-16(22-5)11-18(20-17)19(21)24-13(3)4/h7-13,15H,4-6H2,1-3H3;7-14H,6H2,1-5H3;6-13H,1-5H3/i;;3D3,13D. The van der Waals surface area contributed by atoms with Gasteiger partial charge in [-0.1, -0.05) is 6.92 Å². The van der Waals surface area contributed by atoms with Crippen LogP contribution < -0.4 is 28.4 Å². The van der Waals surface area contributed by atoms with Crippen molar-refractivity contribution in [2.45, 2.75) is 131 Å². The number of ether oxygens (including phenoxy) is 9. The van der Waals surface area contributed by atoms with Gasteiger partial charge in [0, 0.05) is 57.2 Å². The molecule has 0 spiro atoms. The van der Waals surface area contributed by atoms with Crippen LogP contribution in [0, 0.1) is 0 Å². The van der Waals surface area contributed by atoms with Crippen LogP contribution in [0.1, 0.15) is 132 Å². The topological polar surface area (TPSA) is 173 Å². The molecule has 74 heavy (non-hydrogen) atoms. The van der Waals surface area contributed by atoms with E-state index in [0.29, 0.717) is 45.6 Å². The lowest BCUT2D eigenvalue weighted by Gasteiger charge is -2.25. The number of pyridine rings is 3. The minimum absolute atomic E-state index is 0.0245. The zero-order chi connectivity index (χ0) is 57.3. The third-order valence-electron chi connectivity index (χ3n) is 10.8. The van der Waals surface area contributed by atoms with E-state index in [0.717, 1.165) is 55.2 Å². The van der Waals surface area contributed by atoms with E-state index < -0.39 is 30.8 Å². The van der Waals surface area contributed by atoms with Crippen LogP contribution in [-0.2, 0) is 14.2 Å². The zero-order valence-corrected chi connectivity index (χ0v) is 44.3. The van der Waals surface area contributed by atoms with E-state index in [1.165, 1.54) is 13.2 Å². The number of hydrogen-bond donors (Lipinski definition) is 0. The predicted molar refractivity (Wildman–Crippen MR) is 285 cm³/mol. The molecule has 0 aliphatic heterocycles. The summed E-state index contributed by atoms with van der Waals surface area (Å²) in [5.74, 6) is 1.90. The lowest BCUT2D eigenvalue weighted by molar-refractivity contribution is 0.00827. The molecule has 6 aromatic rings. The van der Waals surface area contributed by atoms with Crippen LogP contribution in [0.3, 0.4) is 0 Å². The summed E-state index contributed by atoms with van der Waals surface area (Å²) in [6, 6.07) is 32.1. The first-order valence-electron chi connectivity index (χ1n) is 26.6. The maximum Gasteiger partial charge on any atom is 0.357 e. The Morgan fingerprint density at radius 2 is 0.851 bits per heavy atom. The Labute approximate surface area is 441 Å². The number of rotatable bonds is 19. The fourth-order valence-electron chi connectivity index (χ4n) is 6.77. The van der Waals surface area contributed by atoms with Gasteiger partial charge in [-0.25, -0.2) is 29.3 Å². The molecule has 0 radical (unpaired) electrons. The Morgan fingerprint density at radius 3 is 1.14 bits per heavy atom. The van der Waals surface area contributed by atoms with Crippen LogP contribution in [0.2, 0.25) is 0 Å². The van der Waals surface area contributed by atoms with Gasteiger partial charge in [-0.05, 0) is 161 Å². The second kappa shape index (κ2) is 28.0. The van der Waals surface area contributed by atoms with Gasteiger partial charge < -0.3 is 42.6 Å². The Morgan fingerprint density at radius 1 is 0.514 bits per heavy atom. The van der Waals surface area contributed by atoms with E-state index in [-0.39, 0.29) is 47.6 Å². The van der Waals surface area contributed by atoms with Gasteiger partial charge in [0.25, 0.3) is 0 Å². The number of benzene rings is 3. The number of carbonyl (C=O) groups is 3. The Hall–Kier alpha value is -7.68. The van der Waals surface area contributed by atoms with Crippen LogP contribution in [-0.4, -0.2) is 90.8 Å². The monoisotopic (exact) mass is 1020 g/mol. The van der Waals surface area contributed by atoms with Crippen LogP contribution in [0.5, 0.6) is 34.5 Å². The molecular weight excluding hydrogens is 943 g/mol. The highest BCUT2D eigenvalue weighted by molar-refractivity contribution is 5.90. The second-order valence-electron chi connectivity index (χ2n) is 17.9. The summed E-state index contributed by atoms with van der Waals surface area (Å²) >= 11 is 0. The normalized spacial score (nSPS) is 14.0. The molecule has 3 aromatic carbocycles. The van der Waals surface area contributed by atoms with Gasteiger partial charge in [0.2, 0.25) is 0 Å². The van der Waals surface area contributed by atoms with Crippen molar-refractivity contribution in [2.75, 3.05) is 21.3 Å². The summed E-state index contributed by atoms with van der Waals surface area (Å²) in [4.78, 5) is 50.1. The largest absolute Gasteiger partial charge is 0.497 e. The van der Waals surface area contributed by atoms with E-state index >= 15 is 0 Å². The third-order valence-corrected chi connectivity index (χ3v) is 10.8. The van der Waals surface area contributed by atoms with Crippen molar-refractivity contribution in [1.29, 1.82) is 0 Å². The number of aromatic nitrogens is 3. The first kappa shape index (κ1) is 51.2. The predicted octanol–water partition coefficient (Wildman–Crippen LogP) is 12.9. The molecule has 0 saturated heterocycles. The molecule has 1 fully saturated rings. The van der Waals surface area contributed by atoms with Crippen molar-refractivity contribution in [3.63, 3.8) is 0 Å². The Kier molecular flexibility index (Phi) is 19.4. The van der Waals surface area contributed by atoms with E-state index in [2.05, 4.69) is 15.0 Å². The molecule has 1 aliphatic carbocycles. The van der Waals surface area contributed by atoms with Crippen LogP contribution in [0.25, 0.3) is 33.8 Å². The molecule has 7 rings (SSSR count). The molecule has 1 saturated carbocycles. The van der Waals surface area contributed by atoms with Crippen molar-refractivity contribution < 1.29 is 62.5 Å². The van der Waals surface area contributed by atoms with E-state index in [4.69, 9.17) is 48.1 Å². The average Bonchev–Trinajstić information content (AvgIpc) is 3.41. The van der Waals surface area contributed by atoms with E-state index in [1.54, 1.807) is 68.8 Å². The first-order valence-corrected chi connectivity index (χ1v) is 24.6. The van der Waals surface area contributed by atoms with Crippen molar-refractivity contribution in [3.05, 3.63) is 126 Å². The summed E-state index contributed by atoms with van der Waals surface area (Å²) in [5.41, 5.74) is 4.54. The SMILES string of the molecule is CCC(C)OC(=O)c1cc(OC)cc(-c2ccc(OC(C)C)cc2)n1.COc1cc(C(=O)OC2CCC2)nc(-c2ccc(OC(C)C)cc2)c1.[2H]C([2H])([2H])C([2H])(C)OC(=O)c1cc(OC)cc(-c2ccc(OC(C)C)cc2)n1. The summed E-state index contributed by atoms with van der Waals surface area (Å²) in [5, 5.41) is 0. The molecule has 15 nitrogen and oxygen atoms in total. The third kappa shape index (κ3) is 17.8. The molecule has 394 valence electrons. The summed E-state index contributed by atoms with van der Waals surface area (Å²) in [6.45, 7) is 13.8. The van der Waals surface area contributed by atoms with Gasteiger partial charge in [-0.2, -0.15) is 0 Å². The first-order chi connectivity index (χ1) is 36.9. The van der Waals surface area contributed by atoms with E-state index in [9.17, 15) is 14.4 Å². The average molecular weight is 1020 g/mol.